The van der Waals surface area contributed by atoms with Crippen molar-refractivity contribution < 1.29 is 32.8 Å². The fourth-order valence-corrected chi connectivity index (χ4v) is 7.88. The third-order valence-electron chi connectivity index (χ3n) is 10.7. The van der Waals surface area contributed by atoms with Crippen LogP contribution in [0.4, 0.5) is 0 Å². The highest BCUT2D eigenvalue weighted by Crippen LogP contribution is 2.43. The summed E-state index contributed by atoms with van der Waals surface area (Å²) < 4.78 is 33.5. The van der Waals surface area contributed by atoms with Crippen molar-refractivity contribution in [3.8, 4) is 0 Å². The molecule has 0 spiro atoms. The Kier molecular flexibility index (Phi) is 44.7. The smallest absolute Gasteiger partial charge is 0.457 e. The molecule has 3 N–H and O–H groups in total. The zero-order chi connectivity index (χ0) is 40.9. The van der Waals surface area contributed by atoms with Crippen LogP contribution in [0.15, 0.2) is 12.2 Å². The Morgan fingerprint density at radius 3 is 1.34 bits per heavy atom. The third-order valence-corrected chi connectivity index (χ3v) is 11.7. The molecule has 0 aliphatic rings. The summed E-state index contributed by atoms with van der Waals surface area (Å²) in [6.45, 7) is 4.94. The molecule has 8 nitrogen and oxygen atoms in total. The maximum absolute atomic E-state index is 12.6. The molecular formula is C47H94NO7P. The van der Waals surface area contributed by atoms with Crippen molar-refractivity contribution in [2.24, 2.45) is 5.73 Å². The minimum absolute atomic E-state index is 0.0932. The summed E-state index contributed by atoms with van der Waals surface area (Å²) in [7, 11) is -4.27. The number of ether oxygens (including phenoxy) is 2. The van der Waals surface area contributed by atoms with Crippen molar-refractivity contribution in [3.05, 3.63) is 12.2 Å². The van der Waals surface area contributed by atoms with E-state index in [0.29, 0.717) is 13.0 Å². The number of unbranched alkanes of at least 4 members (excludes halogenated alkanes) is 32. The first-order valence-corrected chi connectivity index (χ1v) is 25.7. The number of allylic oxidation sites excluding steroid dienone is 2. The molecule has 0 aromatic heterocycles. The summed E-state index contributed by atoms with van der Waals surface area (Å²) in [5.74, 6) is -0.326. The Labute approximate surface area is 347 Å². The van der Waals surface area contributed by atoms with Crippen LogP contribution in [-0.4, -0.2) is 49.9 Å². The Hall–Kier alpha value is -0.760. The minimum Gasteiger partial charge on any atom is -0.457 e. The maximum Gasteiger partial charge on any atom is 0.472 e. The molecule has 0 aromatic rings. The van der Waals surface area contributed by atoms with E-state index in [-0.39, 0.29) is 32.3 Å². The van der Waals surface area contributed by atoms with Crippen LogP contribution in [0.1, 0.15) is 245 Å². The second-order valence-corrected chi connectivity index (χ2v) is 17.8. The summed E-state index contributed by atoms with van der Waals surface area (Å²) in [5.41, 5.74) is 5.38. The van der Waals surface area contributed by atoms with Crippen LogP contribution < -0.4 is 5.73 Å². The average Bonchev–Trinajstić information content (AvgIpc) is 3.19. The first-order chi connectivity index (χ1) is 27.4. The molecule has 0 amide bonds. The van der Waals surface area contributed by atoms with Gasteiger partial charge in [0.15, 0.2) is 0 Å². The van der Waals surface area contributed by atoms with E-state index < -0.39 is 13.9 Å². The van der Waals surface area contributed by atoms with Crippen LogP contribution >= 0.6 is 7.82 Å². The predicted octanol–water partition coefficient (Wildman–Crippen LogP) is 14.6. The van der Waals surface area contributed by atoms with Crippen LogP contribution in [0.25, 0.3) is 0 Å². The SMILES string of the molecule is CCCCC/C=C\CCCCCCCCOCC(COP(=O)(O)OCCN)OC(=O)CCCCCCCCCCCCCCCCCCCCCCCCCC. The Morgan fingerprint density at radius 1 is 0.518 bits per heavy atom. The fourth-order valence-electron chi connectivity index (χ4n) is 7.11. The molecule has 0 rings (SSSR count). The van der Waals surface area contributed by atoms with Gasteiger partial charge in [0.1, 0.15) is 6.10 Å². The highest BCUT2D eigenvalue weighted by molar-refractivity contribution is 7.47. The molecule has 0 radical (unpaired) electrons. The van der Waals surface area contributed by atoms with E-state index in [9.17, 15) is 14.3 Å². The predicted molar refractivity (Wildman–Crippen MR) is 238 cm³/mol. The number of hydrogen-bond acceptors (Lipinski definition) is 7. The monoisotopic (exact) mass is 816 g/mol. The molecule has 2 atom stereocenters. The van der Waals surface area contributed by atoms with Crippen molar-refractivity contribution in [2.45, 2.75) is 251 Å². The number of carbonyl (C=O) groups excluding carboxylic acids is 1. The van der Waals surface area contributed by atoms with Crippen molar-refractivity contribution in [1.29, 1.82) is 0 Å². The van der Waals surface area contributed by atoms with E-state index in [1.807, 2.05) is 0 Å². The van der Waals surface area contributed by atoms with E-state index in [2.05, 4.69) is 26.0 Å². The molecule has 0 aliphatic heterocycles. The zero-order valence-electron chi connectivity index (χ0n) is 37.1. The quantitative estimate of drug-likeness (QED) is 0.0270. The second-order valence-electron chi connectivity index (χ2n) is 16.3. The number of esters is 1. The first kappa shape index (κ1) is 55.2. The summed E-state index contributed by atoms with van der Waals surface area (Å²) in [6, 6.07) is 0. The van der Waals surface area contributed by atoms with Gasteiger partial charge in [-0.15, -0.1) is 0 Å². The van der Waals surface area contributed by atoms with Gasteiger partial charge < -0.3 is 20.1 Å². The lowest BCUT2D eigenvalue weighted by Crippen LogP contribution is -2.28. The van der Waals surface area contributed by atoms with E-state index in [4.69, 9.17) is 24.3 Å². The number of rotatable bonds is 47. The lowest BCUT2D eigenvalue weighted by atomic mass is 10.0. The van der Waals surface area contributed by atoms with Gasteiger partial charge in [0.25, 0.3) is 0 Å². The maximum atomic E-state index is 12.6. The number of nitrogens with two attached hydrogens (primary N) is 1. The van der Waals surface area contributed by atoms with E-state index in [1.54, 1.807) is 0 Å². The van der Waals surface area contributed by atoms with E-state index in [0.717, 1.165) is 32.1 Å². The lowest BCUT2D eigenvalue weighted by Gasteiger charge is -2.20. The molecule has 0 aliphatic carbocycles. The van der Waals surface area contributed by atoms with Crippen molar-refractivity contribution >= 4 is 13.8 Å². The molecule has 56 heavy (non-hydrogen) atoms. The zero-order valence-corrected chi connectivity index (χ0v) is 38.0. The standard InChI is InChI=1S/C47H94NO7P/c1-3-5-7-9-11-13-15-17-18-19-20-21-22-23-24-25-26-27-28-30-32-34-36-38-40-47(49)55-46(45-54-56(50,51)53-43-41-48)44-52-42-39-37-35-33-31-29-16-14-12-10-8-6-4-2/h12,14,46H,3-11,13,15-45,48H2,1-2H3,(H,50,51)/b14-12-. The fraction of sp³-hybridized carbons (Fsp3) is 0.936. The normalized spacial score (nSPS) is 13.4. The van der Waals surface area contributed by atoms with Crippen LogP contribution in [0, 0.1) is 0 Å². The van der Waals surface area contributed by atoms with Crippen molar-refractivity contribution in [2.75, 3.05) is 33.0 Å². The topological polar surface area (TPSA) is 117 Å². The van der Waals surface area contributed by atoms with E-state index >= 15 is 0 Å². The molecule has 0 bridgehead atoms. The van der Waals surface area contributed by atoms with Crippen molar-refractivity contribution in [3.63, 3.8) is 0 Å². The van der Waals surface area contributed by atoms with Gasteiger partial charge in [-0.05, 0) is 38.5 Å². The van der Waals surface area contributed by atoms with Crippen LogP contribution in [-0.2, 0) is 27.9 Å². The second kappa shape index (κ2) is 45.3. The average molecular weight is 816 g/mol. The highest BCUT2D eigenvalue weighted by Gasteiger charge is 2.25. The minimum atomic E-state index is -4.27. The molecule has 334 valence electrons. The van der Waals surface area contributed by atoms with Gasteiger partial charge in [-0.3, -0.25) is 13.8 Å². The van der Waals surface area contributed by atoms with Gasteiger partial charge in [-0.2, -0.15) is 0 Å². The van der Waals surface area contributed by atoms with Gasteiger partial charge in [0, 0.05) is 19.6 Å². The third kappa shape index (κ3) is 44.3. The molecule has 0 heterocycles. The lowest BCUT2D eigenvalue weighted by molar-refractivity contribution is -0.154. The summed E-state index contributed by atoms with van der Waals surface area (Å²) in [4.78, 5) is 22.5. The van der Waals surface area contributed by atoms with Crippen LogP contribution in [0.2, 0.25) is 0 Å². The van der Waals surface area contributed by atoms with Gasteiger partial charge in [-0.25, -0.2) is 4.57 Å². The Morgan fingerprint density at radius 2 is 0.893 bits per heavy atom. The van der Waals surface area contributed by atoms with E-state index in [1.165, 1.54) is 193 Å². The number of hydrogen-bond donors (Lipinski definition) is 2. The number of phosphoric ester groups is 1. The largest absolute Gasteiger partial charge is 0.472 e. The molecule has 9 heteroatoms. The van der Waals surface area contributed by atoms with Crippen LogP contribution in [0.5, 0.6) is 0 Å². The van der Waals surface area contributed by atoms with Crippen molar-refractivity contribution in [1.82, 2.24) is 0 Å². The highest BCUT2D eigenvalue weighted by atomic mass is 31.2. The molecule has 0 fully saturated rings. The molecule has 0 saturated carbocycles. The Balaban J connectivity index is 3.86. The molecular weight excluding hydrogens is 721 g/mol. The first-order valence-electron chi connectivity index (χ1n) is 24.2. The van der Waals surface area contributed by atoms with Gasteiger partial charge in [0.2, 0.25) is 0 Å². The summed E-state index contributed by atoms with van der Waals surface area (Å²) in [5, 5.41) is 0. The Bertz CT molecular complexity index is 873. The van der Waals surface area contributed by atoms with Gasteiger partial charge >= 0.3 is 13.8 Å². The van der Waals surface area contributed by atoms with Crippen LogP contribution in [0.3, 0.4) is 0 Å². The van der Waals surface area contributed by atoms with Gasteiger partial charge in [-0.1, -0.05) is 212 Å². The summed E-state index contributed by atoms with van der Waals surface area (Å²) in [6.07, 6.45) is 49.6. The number of phosphoric acid groups is 1. The molecule has 0 aromatic carbocycles. The molecule has 2 unspecified atom stereocenters. The van der Waals surface area contributed by atoms with Gasteiger partial charge in [0.05, 0.1) is 19.8 Å². The summed E-state index contributed by atoms with van der Waals surface area (Å²) >= 11 is 0. The molecule has 0 saturated heterocycles. The number of carbonyl (C=O) groups is 1.